The van der Waals surface area contributed by atoms with Crippen LogP contribution in [0.3, 0.4) is 0 Å². The standard InChI is InChI=1S/C23H23BrF3N5O4/c1-11-15-7-6-13(24)8-16(15)19(32-31-11)28-12(2)17-9-14(10-18(29-17)23(25,26)27)35-20(33)30-21(34)36-22(3,4)5/h6-10,12H,1-5H3,(H,28,32)(H,30,33,34). The van der Waals surface area contributed by atoms with Gasteiger partial charge in [0.05, 0.1) is 17.4 Å². The number of pyridine rings is 1. The van der Waals surface area contributed by atoms with E-state index < -0.39 is 41.4 Å². The zero-order valence-corrected chi connectivity index (χ0v) is 21.5. The molecule has 0 saturated heterocycles. The molecule has 0 bridgehead atoms. The van der Waals surface area contributed by atoms with Crippen molar-refractivity contribution in [1.82, 2.24) is 20.5 Å². The van der Waals surface area contributed by atoms with Crippen LogP contribution in [0.4, 0.5) is 28.6 Å². The minimum Gasteiger partial charge on any atom is -0.443 e. The van der Waals surface area contributed by atoms with Gasteiger partial charge in [0.2, 0.25) is 0 Å². The highest BCUT2D eigenvalue weighted by molar-refractivity contribution is 9.10. The van der Waals surface area contributed by atoms with Crippen molar-refractivity contribution in [2.75, 3.05) is 5.32 Å². The Balaban J connectivity index is 1.89. The molecule has 192 valence electrons. The number of alkyl carbamates (subject to hydrolysis) is 1. The van der Waals surface area contributed by atoms with E-state index in [2.05, 4.69) is 36.4 Å². The fraction of sp³-hybridized carbons (Fsp3) is 0.348. The van der Waals surface area contributed by atoms with E-state index >= 15 is 0 Å². The van der Waals surface area contributed by atoms with E-state index in [-0.39, 0.29) is 5.69 Å². The number of hydrogen-bond donors (Lipinski definition) is 2. The number of benzene rings is 1. The van der Waals surface area contributed by atoms with Crippen molar-refractivity contribution >= 4 is 44.7 Å². The minimum atomic E-state index is -4.82. The van der Waals surface area contributed by atoms with Gasteiger partial charge in [0.25, 0.3) is 0 Å². The summed E-state index contributed by atoms with van der Waals surface area (Å²) in [6, 6.07) is 6.40. The van der Waals surface area contributed by atoms with Crippen LogP contribution in [0, 0.1) is 6.92 Å². The lowest BCUT2D eigenvalue weighted by atomic mass is 10.1. The number of rotatable bonds is 4. The molecule has 3 aromatic rings. The maximum Gasteiger partial charge on any atom is 0.433 e. The summed E-state index contributed by atoms with van der Waals surface area (Å²) in [6.07, 6.45) is -7.24. The van der Waals surface area contributed by atoms with E-state index in [0.717, 1.165) is 15.9 Å². The number of ether oxygens (including phenoxy) is 2. The molecule has 1 aromatic carbocycles. The molecule has 0 aliphatic heterocycles. The summed E-state index contributed by atoms with van der Waals surface area (Å²) in [5.74, 6) is -0.140. The van der Waals surface area contributed by atoms with Gasteiger partial charge in [-0.05, 0) is 46.8 Å². The van der Waals surface area contributed by atoms with Crippen LogP contribution in [0.25, 0.3) is 10.8 Å². The van der Waals surface area contributed by atoms with Gasteiger partial charge in [-0.1, -0.05) is 22.0 Å². The van der Waals surface area contributed by atoms with Crippen molar-refractivity contribution in [3.05, 3.63) is 51.9 Å². The summed E-state index contributed by atoms with van der Waals surface area (Å²) < 4.78 is 51.2. The van der Waals surface area contributed by atoms with E-state index in [1.807, 2.05) is 12.1 Å². The Hall–Kier alpha value is -3.48. The highest BCUT2D eigenvalue weighted by Gasteiger charge is 2.34. The molecule has 0 saturated carbocycles. The van der Waals surface area contributed by atoms with Crippen molar-refractivity contribution in [3.8, 4) is 5.75 Å². The lowest BCUT2D eigenvalue weighted by molar-refractivity contribution is -0.141. The lowest BCUT2D eigenvalue weighted by Crippen LogP contribution is -2.37. The Morgan fingerprint density at radius 1 is 1.03 bits per heavy atom. The normalized spacial score (nSPS) is 12.7. The number of hydrogen-bond acceptors (Lipinski definition) is 8. The van der Waals surface area contributed by atoms with Crippen LogP contribution < -0.4 is 15.4 Å². The molecule has 0 spiro atoms. The molecule has 36 heavy (non-hydrogen) atoms. The molecule has 0 radical (unpaired) electrons. The predicted octanol–water partition coefficient (Wildman–Crippen LogP) is 6.31. The number of fused-ring (bicyclic) bond motifs is 1. The molecule has 0 aliphatic carbocycles. The van der Waals surface area contributed by atoms with Gasteiger partial charge in [0, 0.05) is 27.4 Å². The summed E-state index contributed by atoms with van der Waals surface area (Å²) in [6.45, 7) is 8.10. The minimum absolute atomic E-state index is 0.0876. The summed E-state index contributed by atoms with van der Waals surface area (Å²) in [7, 11) is 0. The fourth-order valence-corrected chi connectivity index (χ4v) is 3.48. The number of amides is 2. The van der Waals surface area contributed by atoms with Crippen LogP contribution in [0.1, 0.15) is 50.8 Å². The maximum atomic E-state index is 13.5. The first-order valence-electron chi connectivity index (χ1n) is 10.6. The van der Waals surface area contributed by atoms with Crippen molar-refractivity contribution in [3.63, 3.8) is 0 Å². The Morgan fingerprint density at radius 2 is 1.72 bits per heavy atom. The van der Waals surface area contributed by atoms with Gasteiger partial charge < -0.3 is 14.8 Å². The average molecular weight is 570 g/mol. The maximum absolute atomic E-state index is 13.5. The first-order chi connectivity index (χ1) is 16.6. The number of nitrogens with one attached hydrogen (secondary N) is 2. The number of anilines is 1. The van der Waals surface area contributed by atoms with Crippen molar-refractivity contribution in [2.45, 2.75) is 52.4 Å². The molecule has 2 amide bonds. The second-order valence-corrected chi connectivity index (χ2v) is 9.73. The molecule has 2 N–H and O–H groups in total. The highest BCUT2D eigenvalue weighted by atomic mass is 79.9. The number of alkyl halides is 3. The zero-order chi connectivity index (χ0) is 26.8. The first-order valence-corrected chi connectivity index (χ1v) is 11.4. The van der Waals surface area contributed by atoms with E-state index in [1.54, 1.807) is 46.0 Å². The average Bonchev–Trinajstić information content (AvgIpc) is 2.73. The van der Waals surface area contributed by atoms with Gasteiger partial charge in [-0.15, -0.1) is 5.10 Å². The van der Waals surface area contributed by atoms with E-state index in [1.165, 1.54) is 0 Å². The molecule has 0 fully saturated rings. The van der Waals surface area contributed by atoms with Crippen LogP contribution in [0.2, 0.25) is 0 Å². The first kappa shape index (κ1) is 27.1. The van der Waals surface area contributed by atoms with Crippen LogP contribution >= 0.6 is 15.9 Å². The molecule has 9 nitrogen and oxygen atoms in total. The molecular weight excluding hydrogens is 547 g/mol. The van der Waals surface area contributed by atoms with Gasteiger partial charge in [-0.3, -0.25) is 0 Å². The Morgan fingerprint density at radius 3 is 2.36 bits per heavy atom. The van der Waals surface area contributed by atoms with Crippen LogP contribution in [0.5, 0.6) is 5.75 Å². The van der Waals surface area contributed by atoms with Crippen LogP contribution in [-0.2, 0) is 10.9 Å². The van der Waals surface area contributed by atoms with Crippen molar-refractivity contribution in [1.29, 1.82) is 0 Å². The molecule has 1 unspecified atom stereocenters. The molecule has 13 heteroatoms. The van der Waals surface area contributed by atoms with Crippen LogP contribution in [-0.4, -0.2) is 33.0 Å². The molecular formula is C23H23BrF3N5O4. The summed E-state index contributed by atoms with van der Waals surface area (Å²) in [5.41, 5.74) is -1.58. The Kier molecular flexibility index (Phi) is 7.72. The molecule has 3 rings (SSSR count). The second-order valence-electron chi connectivity index (χ2n) is 8.82. The van der Waals surface area contributed by atoms with Gasteiger partial charge in [-0.25, -0.2) is 19.9 Å². The van der Waals surface area contributed by atoms with E-state index in [4.69, 9.17) is 9.47 Å². The number of aryl methyl sites for hydroxylation is 1. The van der Waals surface area contributed by atoms with Crippen LogP contribution in [0.15, 0.2) is 34.8 Å². The quantitative estimate of drug-likeness (QED) is 0.375. The van der Waals surface area contributed by atoms with Gasteiger partial charge in [0.1, 0.15) is 17.0 Å². The number of imide groups is 1. The third-order valence-corrected chi connectivity index (χ3v) is 5.14. The number of carbonyl (C=O) groups is 2. The largest absolute Gasteiger partial charge is 0.443 e. The van der Waals surface area contributed by atoms with Gasteiger partial charge in [0.15, 0.2) is 5.82 Å². The number of nitrogens with zero attached hydrogens (tertiary/aromatic N) is 3. The van der Waals surface area contributed by atoms with E-state index in [9.17, 15) is 22.8 Å². The smallest absolute Gasteiger partial charge is 0.433 e. The predicted molar refractivity (Wildman–Crippen MR) is 129 cm³/mol. The molecule has 0 aliphatic rings. The zero-order valence-electron chi connectivity index (χ0n) is 20.0. The fourth-order valence-electron chi connectivity index (χ4n) is 3.12. The third-order valence-electron chi connectivity index (χ3n) is 4.65. The summed E-state index contributed by atoms with van der Waals surface area (Å²) in [4.78, 5) is 27.5. The third kappa shape index (κ3) is 7.03. The SMILES string of the molecule is Cc1nnc(NC(C)c2cc(OC(=O)NC(=O)OC(C)(C)C)cc(C(F)(F)F)n2)c2cc(Br)ccc12. The number of aromatic nitrogens is 3. The van der Waals surface area contributed by atoms with Gasteiger partial charge >= 0.3 is 18.4 Å². The second kappa shape index (κ2) is 10.2. The number of carbonyl (C=O) groups excluding carboxylic acids is 2. The highest BCUT2D eigenvalue weighted by Crippen LogP contribution is 2.33. The summed E-state index contributed by atoms with van der Waals surface area (Å²) in [5, 5.41) is 14.6. The van der Waals surface area contributed by atoms with Gasteiger partial charge in [-0.2, -0.15) is 18.3 Å². The number of halogens is 4. The van der Waals surface area contributed by atoms with E-state index in [0.29, 0.717) is 23.0 Å². The lowest BCUT2D eigenvalue weighted by Gasteiger charge is -2.20. The molecule has 2 aromatic heterocycles. The Labute approximate surface area is 212 Å². The van der Waals surface area contributed by atoms with Crippen molar-refractivity contribution < 1.29 is 32.2 Å². The summed E-state index contributed by atoms with van der Waals surface area (Å²) >= 11 is 3.40. The molecule has 2 heterocycles. The molecule has 1 atom stereocenters. The topological polar surface area (TPSA) is 115 Å². The Bertz CT molecular complexity index is 1310. The monoisotopic (exact) mass is 569 g/mol. The van der Waals surface area contributed by atoms with Crippen molar-refractivity contribution in [2.24, 2.45) is 0 Å².